The number of nitrogens with zero attached hydrogens (tertiary/aromatic N) is 3. The predicted molar refractivity (Wildman–Crippen MR) is 62.7 cm³/mol. The SMILES string of the molecule is CCn1cc(CCCCC=C(C)C)nn1. The molecule has 84 valence electrons. The third-order valence-electron chi connectivity index (χ3n) is 2.35. The molecule has 0 aliphatic carbocycles. The Balaban J connectivity index is 2.17. The van der Waals surface area contributed by atoms with Crippen LogP contribution in [0.4, 0.5) is 0 Å². The van der Waals surface area contributed by atoms with Gasteiger partial charge in [-0.15, -0.1) is 5.10 Å². The molecule has 0 bridgehead atoms. The second-order valence-electron chi connectivity index (χ2n) is 4.09. The molecular formula is C12H21N3. The molecule has 1 aromatic rings. The quantitative estimate of drug-likeness (QED) is 0.530. The average Bonchev–Trinajstić information content (AvgIpc) is 2.65. The zero-order chi connectivity index (χ0) is 11.1. The molecule has 0 fully saturated rings. The van der Waals surface area contributed by atoms with E-state index in [0.29, 0.717) is 0 Å². The Hall–Kier alpha value is -1.12. The van der Waals surface area contributed by atoms with Gasteiger partial charge in [0.05, 0.1) is 5.69 Å². The van der Waals surface area contributed by atoms with E-state index in [1.165, 1.54) is 24.8 Å². The first-order valence-electron chi connectivity index (χ1n) is 5.74. The topological polar surface area (TPSA) is 30.7 Å². The highest BCUT2D eigenvalue weighted by Crippen LogP contribution is 2.05. The van der Waals surface area contributed by atoms with Crippen molar-refractivity contribution in [2.75, 3.05) is 0 Å². The van der Waals surface area contributed by atoms with Gasteiger partial charge in [0.15, 0.2) is 0 Å². The summed E-state index contributed by atoms with van der Waals surface area (Å²) in [6.07, 6.45) is 9.01. The molecule has 0 unspecified atom stereocenters. The van der Waals surface area contributed by atoms with Crippen LogP contribution in [-0.2, 0) is 13.0 Å². The first kappa shape index (κ1) is 12.0. The third kappa shape index (κ3) is 4.77. The van der Waals surface area contributed by atoms with Crippen molar-refractivity contribution in [2.45, 2.75) is 53.0 Å². The Labute approximate surface area is 92.2 Å². The van der Waals surface area contributed by atoms with Crippen molar-refractivity contribution in [1.29, 1.82) is 0 Å². The Morgan fingerprint density at radius 2 is 2.20 bits per heavy atom. The molecular weight excluding hydrogens is 186 g/mol. The summed E-state index contributed by atoms with van der Waals surface area (Å²) in [6, 6.07) is 0. The number of unbranched alkanes of at least 4 members (excludes halogenated alkanes) is 2. The van der Waals surface area contributed by atoms with Crippen LogP contribution in [0.2, 0.25) is 0 Å². The first-order chi connectivity index (χ1) is 7.22. The minimum atomic E-state index is 0.908. The number of hydrogen-bond donors (Lipinski definition) is 0. The van der Waals surface area contributed by atoms with E-state index in [1.54, 1.807) is 0 Å². The van der Waals surface area contributed by atoms with Gasteiger partial charge < -0.3 is 0 Å². The molecule has 0 aliphatic heterocycles. The lowest BCUT2D eigenvalue weighted by molar-refractivity contribution is 0.626. The van der Waals surface area contributed by atoms with E-state index < -0.39 is 0 Å². The molecule has 3 heteroatoms. The molecule has 1 aromatic heterocycles. The number of aromatic nitrogens is 3. The van der Waals surface area contributed by atoms with Crippen LogP contribution in [0.1, 0.15) is 45.7 Å². The van der Waals surface area contributed by atoms with Crippen molar-refractivity contribution < 1.29 is 0 Å². The van der Waals surface area contributed by atoms with E-state index in [4.69, 9.17) is 0 Å². The maximum Gasteiger partial charge on any atom is 0.0827 e. The van der Waals surface area contributed by atoms with Crippen molar-refractivity contribution in [3.63, 3.8) is 0 Å². The van der Waals surface area contributed by atoms with E-state index in [2.05, 4.69) is 37.2 Å². The number of hydrogen-bond acceptors (Lipinski definition) is 2. The van der Waals surface area contributed by atoms with Crippen LogP contribution in [0.15, 0.2) is 17.8 Å². The summed E-state index contributed by atoms with van der Waals surface area (Å²) in [4.78, 5) is 0. The van der Waals surface area contributed by atoms with Crippen LogP contribution < -0.4 is 0 Å². The van der Waals surface area contributed by atoms with Gasteiger partial charge in [-0.3, -0.25) is 4.68 Å². The van der Waals surface area contributed by atoms with Crippen LogP contribution in [0, 0.1) is 0 Å². The summed E-state index contributed by atoms with van der Waals surface area (Å²) in [7, 11) is 0. The summed E-state index contributed by atoms with van der Waals surface area (Å²) in [6.45, 7) is 7.28. The summed E-state index contributed by atoms with van der Waals surface area (Å²) >= 11 is 0. The van der Waals surface area contributed by atoms with Gasteiger partial charge in [0.1, 0.15) is 0 Å². The van der Waals surface area contributed by atoms with Gasteiger partial charge >= 0.3 is 0 Å². The number of allylic oxidation sites excluding steroid dienone is 2. The first-order valence-corrected chi connectivity index (χ1v) is 5.74. The fraction of sp³-hybridized carbons (Fsp3) is 0.667. The summed E-state index contributed by atoms with van der Waals surface area (Å²) < 4.78 is 1.88. The van der Waals surface area contributed by atoms with Crippen LogP contribution in [-0.4, -0.2) is 15.0 Å². The largest absolute Gasteiger partial charge is 0.253 e. The zero-order valence-electron chi connectivity index (χ0n) is 10.0. The van der Waals surface area contributed by atoms with Gasteiger partial charge in [-0.1, -0.05) is 16.9 Å². The van der Waals surface area contributed by atoms with Crippen LogP contribution >= 0.6 is 0 Å². The lowest BCUT2D eigenvalue weighted by atomic mass is 10.1. The second kappa shape index (κ2) is 6.38. The Kier molecular flexibility index (Phi) is 5.08. The third-order valence-corrected chi connectivity index (χ3v) is 2.35. The zero-order valence-corrected chi connectivity index (χ0v) is 10.0. The molecule has 0 radical (unpaired) electrons. The molecule has 1 heterocycles. The Morgan fingerprint density at radius 1 is 1.40 bits per heavy atom. The van der Waals surface area contributed by atoms with Crippen molar-refractivity contribution in [3.8, 4) is 0 Å². The lowest BCUT2D eigenvalue weighted by Crippen LogP contribution is -1.93. The molecule has 0 amide bonds. The van der Waals surface area contributed by atoms with Gasteiger partial charge in [-0.05, 0) is 46.5 Å². The molecule has 0 saturated heterocycles. The highest BCUT2D eigenvalue weighted by atomic mass is 15.4. The minimum absolute atomic E-state index is 0.908. The molecule has 15 heavy (non-hydrogen) atoms. The van der Waals surface area contributed by atoms with E-state index in [-0.39, 0.29) is 0 Å². The Bertz CT molecular complexity index is 308. The van der Waals surface area contributed by atoms with Crippen molar-refractivity contribution in [3.05, 3.63) is 23.5 Å². The molecule has 0 spiro atoms. The van der Waals surface area contributed by atoms with Crippen molar-refractivity contribution in [2.24, 2.45) is 0 Å². The van der Waals surface area contributed by atoms with Gasteiger partial charge in [-0.2, -0.15) is 0 Å². The molecule has 0 aliphatic rings. The fourth-order valence-electron chi connectivity index (χ4n) is 1.45. The highest BCUT2D eigenvalue weighted by Gasteiger charge is 1.98. The molecule has 0 aromatic carbocycles. The van der Waals surface area contributed by atoms with Gasteiger partial charge in [-0.25, -0.2) is 0 Å². The van der Waals surface area contributed by atoms with Crippen LogP contribution in [0.3, 0.4) is 0 Å². The molecule has 0 atom stereocenters. The maximum absolute atomic E-state index is 4.12. The normalized spacial score (nSPS) is 10.3. The second-order valence-corrected chi connectivity index (χ2v) is 4.09. The van der Waals surface area contributed by atoms with Gasteiger partial charge in [0.2, 0.25) is 0 Å². The van der Waals surface area contributed by atoms with Gasteiger partial charge in [0, 0.05) is 12.7 Å². The maximum atomic E-state index is 4.12. The van der Waals surface area contributed by atoms with Gasteiger partial charge in [0.25, 0.3) is 0 Å². The number of rotatable bonds is 6. The smallest absolute Gasteiger partial charge is 0.0827 e. The van der Waals surface area contributed by atoms with Crippen molar-refractivity contribution in [1.82, 2.24) is 15.0 Å². The van der Waals surface area contributed by atoms with E-state index >= 15 is 0 Å². The summed E-state index contributed by atoms with van der Waals surface area (Å²) in [5.74, 6) is 0. The van der Waals surface area contributed by atoms with E-state index in [1.807, 2.05) is 10.9 Å². The highest BCUT2D eigenvalue weighted by molar-refractivity contribution is 4.94. The monoisotopic (exact) mass is 207 g/mol. The number of aryl methyl sites for hydroxylation is 2. The molecule has 1 rings (SSSR count). The average molecular weight is 207 g/mol. The molecule has 0 saturated carbocycles. The molecule has 3 nitrogen and oxygen atoms in total. The Morgan fingerprint density at radius 3 is 2.80 bits per heavy atom. The fourth-order valence-corrected chi connectivity index (χ4v) is 1.45. The van der Waals surface area contributed by atoms with Crippen LogP contribution in [0.5, 0.6) is 0 Å². The van der Waals surface area contributed by atoms with E-state index in [9.17, 15) is 0 Å². The standard InChI is InChI=1S/C12H21N3/c1-4-15-10-12(13-14-15)9-7-5-6-8-11(2)3/h8,10H,4-7,9H2,1-3H3. The predicted octanol–water partition coefficient (Wildman–Crippen LogP) is 2.98. The summed E-state index contributed by atoms with van der Waals surface area (Å²) in [5.41, 5.74) is 2.53. The van der Waals surface area contributed by atoms with E-state index in [0.717, 1.165) is 18.7 Å². The summed E-state index contributed by atoms with van der Waals surface area (Å²) in [5, 5.41) is 8.13. The van der Waals surface area contributed by atoms with Crippen molar-refractivity contribution >= 4 is 0 Å². The lowest BCUT2D eigenvalue weighted by Gasteiger charge is -1.95. The van der Waals surface area contributed by atoms with Crippen LogP contribution in [0.25, 0.3) is 0 Å². The molecule has 0 N–H and O–H groups in total. The minimum Gasteiger partial charge on any atom is -0.253 e.